The molecular formula is C26H21Cl2N5O2S. The number of para-hydroxylation sites is 1. The molecule has 0 saturated carbocycles. The molecule has 0 spiro atoms. The summed E-state index contributed by atoms with van der Waals surface area (Å²) >= 11 is 13.7. The number of halogens is 2. The van der Waals surface area contributed by atoms with Crippen LogP contribution in [0.5, 0.6) is 5.75 Å². The van der Waals surface area contributed by atoms with E-state index in [1.165, 1.54) is 16.8 Å². The van der Waals surface area contributed by atoms with Gasteiger partial charge in [-0.3, -0.25) is 10.2 Å². The van der Waals surface area contributed by atoms with E-state index in [2.05, 4.69) is 10.1 Å². The SMILES string of the molecule is Cc1ccccc1OCC1=NN2C(=N)/C(=C\c3cc(C)n(-c4ccc(Cl)cc4Cl)c3C)C(=O)N=C2S1. The number of amidine groups is 2. The molecule has 0 atom stereocenters. The van der Waals surface area contributed by atoms with Crippen LogP contribution in [0.25, 0.3) is 11.8 Å². The first-order valence-electron chi connectivity index (χ1n) is 11.0. The summed E-state index contributed by atoms with van der Waals surface area (Å²) in [4.78, 5) is 17.1. The molecule has 0 radical (unpaired) electrons. The van der Waals surface area contributed by atoms with E-state index in [1.807, 2.05) is 61.7 Å². The fraction of sp³-hybridized carbons (Fsp3) is 0.154. The Bertz CT molecular complexity index is 1520. The number of thioether (sulfide) groups is 1. The molecule has 7 nitrogen and oxygen atoms in total. The van der Waals surface area contributed by atoms with Crippen LogP contribution in [0.3, 0.4) is 0 Å². The standard InChI is InChI=1S/C26H21Cl2N5O2S/c1-14-6-4-5-7-22(14)35-13-23-31-33-24(29)19(25(34)30-26(33)36-23)11-17-10-15(2)32(16(17)3)21-9-8-18(27)12-20(21)28/h4-12,29H,13H2,1-3H3/b19-11+,29-24?. The lowest BCUT2D eigenvalue weighted by Gasteiger charge is -2.20. The van der Waals surface area contributed by atoms with E-state index in [1.54, 1.807) is 18.2 Å². The second-order valence-corrected chi connectivity index (χ2v) is 10.2. The number of hydrazone groups is 1. The molecule has 3 aromatic rings. The molecule has 2 aliphatic rings. The van der Waals surface area contributed by atoms with Gasteiger partial charge in [-0.25, -0.2) is 0 Å². The van der Waals surface area contributed by atoms with Crippen LogP contribution < -0.4 is 4.74 Å². The van der Waals surface area contributed by atoms with Gasteiger partial charge in [0, 0.05) is 16.4 Å². The molecule has 0 saturated heterocycles. The molecule has 2 aliphatic heterocycles. The lowest BCUT2D eigenvalue weighted by molar-refractivity contribution is -0.114. The Morgan fingerprint density at radius 3 is 2.64 bits per heavy atom. The molecule has 0 aliphatic carbocycles. The quantitative estimate of drug-likeness (QED) is 0.381. The minimum Gasteiger partial charge on any atom is -0.486 e. The number of carbonyl (C=O) groups excluding carboxylic acids is 1. The number of carbonyl (C=O) groups is 1. The Hall–Kier alpha value is -3.33. The van der Waals surface area contributed by atoms with E-state index in [0.717, 1.165) is 34.0 Å². The van der Waals surface area contributed by atoms with Gasteiger partial charge in [-0.05, 0) is 80.1 Å². The Kier molecular flexibility index (Phi) is 6.51. The van der Waals surface area contributed by atoms with Crippen LogP contribution in [0.4, 0.5) is 0 Å². The van der Waals surface area contributed by atoms with Crippen LogP contribution in [0.15, 0.2) is 64.2 Å². The summed E-state index contributed by atoms with van der Waals surface area (Å²) in [6.07, 6.45) is 1.68. The van der Waals surface area contributed by atoms with Crippen LogP contribution in [-0.4, -0.2) is 38.1 Å². The van der Waals surface area contributed by atoms with Gasteiger partial charge in [0.15, 0.2) is 5.84 Å². The number of amides is 1. The van der Waals surface area contributed by atoms with Crippen molar-refractivity contribution in [3.63, 3.8) is 0 Å². The lowest BCUT2D eigenvalue weighted by Crippen LogP contribution is -2.35. The third-order valence-electron chi connectivity index (χ3n) is 5.86. The van der Waals surface area contributed by atoms with E-state index in [9.17, 15) is 4.79 Å². The summed E-state index contributed by atoms with van der Waals surface area (Å²) < 4.78 is 7.86. The molecule has 1 amide bonds. The number of aryl methyl sites for hydroxylation is 2. The molecule has 182 valence electrons. The Morgan fingerprint density at radius 1 is 1.11 bits per heavy atom. The zero-order valence-electron chi connectivity index (χ0n) is 19.7. The highest BCUT2D eigenvalue weighted by Gasteiger charge is 2.36. The molecule has 0 unspecified atom stereocenters. The second-order valence-electron chi connectivity index (χ2n) is 8.33. The lowest BCUT2D eigenvalue weighted by atomic mass is 10.1. The number of nitrogens with one attached hydrogen (secondary N) is 1. The van der Waals surface area contributed by atoms with Crippen LogP contribution in [0, 0.1) is 26.2 Å². The average molecular weight is 538 g/mol. The normalized spacial score (nSPS) is 16.4. The molecular weight excluding hydrogens is 517 g/mol. The minimum atomic E-state index is -0.482. The number of hydrogen-bond acceptors (Lipinski definition) is 5. The van der Waals surface area contributed by atoms with Gasteiger partial charge in [0.2, 0.25) is 5.17 Å². The first-order valence-corrected chi connectivity index (χ1v) is 12.6. The third kappa shape index (κ3) is 4.48. The molecule has 0 fully saturated rings. The number of fused-ring (bicyclic) bond motifs is 1. The highest BCUT2D eigenvalue weighted by Crippen LogP contribution is 2.32. The Balaban J connectivity index is 1.42. The Morgan fingerprint density at radius 2 is 1.89 bits per heavy atom. The maximum absolute atomic E-state index is 12.9. The minimum absolute atomic E-state index is 0.0299. The summed E-state index contributed by atoms with van der Waals surface area (Å²) in [5.74, 6) is 0.248. The van der Waals surface area contributed by atoms with Gasteiger partial charge in [0.25, 0.3) is 5.91 Å². The van der Waals surface area contributed by atoms with Crippen molar-refractivity contribution in [1.29, 1.82) is 5.41 Å². The molecule has 1 aromatic heterocycles. The predicted molar refractivity (Wildman–Crippen MR) is 147 cm³/mol. The number of hydrogen-bond donors (Lipinski definition) is 1. The van der Waals surface area contributed by atoms with Crippen molar-refractivity contribution in [2.24, 2.45) is 10.1 Å². The highest BCUT2D eigenvalue weighted by molar-refractivity contribution is 8.27. The predicted octanol–water partition coefficient (Wildman–Crippen LogP) is 6.41. The fourth-order valence-electron chi connectivity index (χ4n) is 4.07. The topological polar surface area (TPSA) is 83.0 Å². The molecule has 0 bridgehead atoms. The summed E-state index contributed by atoms with van der Waals surface area (Å²) in [6.45, 7) is 6.07. The van der Waals surface area contributed by atoms with E-state index >= 15 is 0 Å². The van der Waals surface area contributed by atoms with Gasteiger partial charge < -0.3 is 9.30 Å². The first kappa shape index (κ1) is 24.4. The maximum Gasteiger partial charge on any atom is 0.283 e. The van der Waals surface area contributed by atoms with Crippen molar-refractivity contribution in [3.8, 4) is 11.4 Å². The molecule has 10 heteroatoms. The van der Waals surface area contributed by atoms with Crippen molar-refractivity contribution in [3.05, 3.63) is 86.7 Å². The van der Waals surface area contributed by atoms with Crippen LogP contribution >= 0.6 is 35.0 Å². The van der Waals surface area contributed by atoms with Crippen molar-refractivity contribution >= 4 is 63.0 Å². The fourth-order valence-corrected chi connectivity index (χ4v) is 5.36. The first-order chi connectivity index (χ1) is 17.2. The molecule has 36 heavy (non-hydrogen) atoms. The van der Waals surface area contributed by atoms with Crippen molar-refractivity contribution in [1.82, 2.24) is 9.58 Å². The number of aromatic nitrogens is 1. The average Bonchev–Trinajstić information content (AvgIpc) is 3.36. The van der Waals surface area contributed by atoms with Gasteiger partial charge in [-0.15, -0.1) is 0 Å². The second kappa shape index (κ2) is 9.61. The van der Waals surface area contributed by atoms with Gasteiger partial charge in [-0.1, -0.05) is 41.4 Å². The maximum atomic E-state index is 12.9. The van der Waals surface area contributed by atoms with Gasteiger partial charge >= 0.3 is 0 Å². The summed E-state index contributed by atoms with van der Waals surface area (Å²) in [7, 11) is 0. The smallest absolute Gasteiger partial charge is 0.283 e. The zero-order chi connectivity index (χ0) is 25.6. The highest BCUT2D eigenvalue weighted by atomic mass is 35.5. The summed E-state index contributed by atoms with van der Waals surface area (Å²) in [6, 6.07) is 15.0. The largest absolute Gasteiger partial charge is 0.486 e. The molecule has 5 rings (SSSR count). The van der Waals surface area contributed by atoms with E-state index in [0.29, 0.717) is 20.3 Å². The molecule has 3 heterocycles. The monoisotopic (exact) mass is 537 g/mol. The number of ether oxygens (including phenoxy) is 1. The van der Waals surface area contributed by atoms with Crippen molar-refractivity contribution in [2.45, 2.75) is 20.8 Å². The van der Waals surface area contributed by atoms with Gasteiger partial charge in [-0.2, -0.15) is 15.1 Å². The van der Waals surface area contributed by atoms with Crippen LogP contribution in [0.2, 0.25) is 10.0 Å². The van der Waals surface area contributed by atoms with Crippen LogP contribution in [-0.2, 0) is 4.79 Å². The third-order valence-corrected chi connectivity index (χ3v) is 7.28. The van der Waals surface area contributed by atoms with E-state index in [4.69, 9.17) is 33.3 Å². The molecule has 2 aromatic carbocycles. The summed E-state index contributed by atoms with van der Waals surface area (Å²) in [5.41, 5.74) is 4.53. The number of aliphatic imine (C=N–C) groups is 1. The number of benzene rings is 2. The van der Waals surface area contributed by atoms with Crippen molar-refractivity contribution in [2.75, 3.05) is 6.61 Å². The Labute approximate surface area is 222 Å². The molecule has 1 N–H and O–H groups in total. The number of rotatable bonds is 5. The summed E-state index contributed by atoms with van der Waals surface area (Å²) in [5, 5.41) is 16.6. The van der Waals surface area contributed by atoms with E-state index in [-0.39, 0.29) is 18.0 Å². The van der Waals surface area contributed by atoms with Crippen LogP contribution in [0.1, 0.15) is 22.5 Å². The van der Waals surface area contributed by atoms with Crippen molar-refractivity contribution < 1.29 is 9.53 Å². The van der Waals surface area contributed by atoms with Gasteiger partial charge in [0.05, 0.1) is 16.3 Å². The van der Waals surface area contributed by atoms with E-state index < -0.39 is 5.91 Å². The number of nitrogens with zero attached hydrogens (tertiary/aromatic N) is 4. The van der Waals surface area contributed by atoms with Gasteiger partial charge in [0.1, 0.15) is 17.4 Å². The zero-order valence-corrected chi connectivity index (χ0v) is 22.0.